The van der Waals surface area contributed by atoms with Gasteiger partial charge in [-0.25, -0.2) is 4.79 Å². The first-order chi connectivity index (χ1) is 9.47. The van der Waals surface area contributed by atoms with Crippen molar-refractivity contribution in [2.45, 2.75) is 26.3 Å². The molecule has 1 unspecified atom stereocenters. The van der Waals surface area contributed by atoms with Crippen LogP contribution in [0.5, 0.6) is 5.75 Å². The number of hydrogen-bond acceptors (Lipinski definition) is 3. The van der Waals surface area contributed by atoms with Gasteiger partial charge in [0.1, 0.15) is 5.75 Å². The van der Waals surface area contributed by atoms with Crippen LogP contribution in [0.2, 0.25) is 0 Å². The van der Waals surface area contributed by atoms with Gasteiger partial charge in [0.15, 0.2) is 0 Å². The fourth-order valence-electron chi connectivity index (χ4n) is 1.58. The summed E-state index contributed by atoms with van der Waals surface area (Å²) in [5.41, 5.74) is 1.02. The fourth-order valence-corrected chi connectivity index (χ4v) is 1.58. The summed E-state index contributed by atoms with van der Waals surface area (Å²) in [6.45, 7) is 3.91. The minimum absolute atomic E-state index is 0.0858. The third kappa shape index (κ3) is 4.42. The highest BCUT2D eigenvalue weighted by Crippen LogP contribution is 2.21. The Bertz CT molecular complexity index is 523. The number of methoxy groups -OCH3 is 1. The summed E-state index contributed by atoms with van der Waals surface area (Å²) in [7, 11) is 1.49. The van der Waals surface area contributed by atoms with Crippen LogP contribution in [0.3, 0.4) is 0 Å². The highest BCUT2D eigenvalue weighted by molar-refractivity contribution is 5.95. The Morgan fingerprint density at radius 1 is 1.45 bits per heavy atom. The number of rotatable bonds is 6. The van der Waals surface area contributed by atoms with Crippen LogP contribution >= 0.6 is 0 Å². The molecule has 1 amide bonds. The van der Waals surface area contributed by atoms with Gasteiger partial charge in [-0.3, -0.25) is 4.79 Å². The summed E-state index contributed by atoms with van der Waals surface area (Å²) in [4.78, 5) is 22.6. The molecule has 0 aliphatic rings. The third-order valence-electron chi connectivity index (χ3n) is 2.89. The number of amides is 1. The van der Waals surface area contributed by atoms with Crippen LogP contribution in [0, 0.1) is 0 Å². The van der Waals surface area contributed by atoms with E-state index in [1.807, 2.05) is 13.8 Å². The third-order valence-corrected chi connectivity index (χ3v) is 2.89. The molecule has 0 fully saturated rings. The van der Waals surface area contributed by atoms with Crippen molar-refractivity contribution in [3.05, 3.63) is 35.4 Å². The summed E-state index contributed by atoms with van der Waals surface area (Å²) < 4.78 is 5.14. The maximum absolute atomic E-state index is 12.0. The summed E-state index contributed by atoms with van der Waals surface area (Å²) in [5.74, 6) is -0.726. The van der Waals surface area contributed by atoms with Gasteiger partial charge in [0, 0.05) is 23.2 Å². The van der Waals surface area contributed by atoms with Crippen LogP contribution < -0.4 is 10.1 Å². The first-order valence-electron chi connectivity index (χ1n) is 6.37. The van der Waals surface area contributed by atoms with Crippen molar-refractivity contribution in [1.82, 2.24) is 5.32 Å². The molecule has 5 nitrogen and oxygen atoms in total. The normalized spacial score (nSPS) is 12.2. The van der Waals surface area contributed by atoms with Crippen LogP contribution in [0.25, 0.3) is 6.08 Å². The van der Waals surface area contributed by atoms with Crippen molar-refractivity contribution in [3.8, 4) is 5.75 Å². The van der Waals surface area contributed by atoms with Gasteiger partial charge in [-0.15, -0.1) is 0 Å². The lowest BCUT2D eigenvalue weighted by atomic mass is 10.1. The van der Waals surface area contributed by atoms with Gasteiger partial charge >= 0.3 is 5.97 Å². The number of hydrogen-bond donors (Lipinski definition) is 2. The van der Waals surface area contributed by atoms with Gasteiger partial charge in [0.05, 0.1) is 7.11 Å². The van der Waals surface area contributed by atoms with Crippen LogP contribution in [0.1, 0.15) is 36.2 Å². The molecule has 0 aliphatic heterocycles. The molecule has 5 heteroatoms. The van der Waals surface area contributed by atoms with Crippen molar-refractivity contribution < 1.29 is 19.4 Å². The molecule has 2 N–H and O–H groups in total. The summed E-state index contributed by atoms with van der Waals surface area (Å²) in [6.07, 6.45) is 3.25. The van der Waals surface area contributed by atoms with Crippen molar-refractivity contribution in [2.75, 3.05) is 7.11 Å². The molecule has 108 valence electrons. The first kappa shape index (κ1) is 15.8. The zero-order valence-corrected chi connectivity index (χ0v) is 11.8. The number of carbonyl (C=O) groups excluding carboxylic acids is 1. The molecule has 1 aromatic carbocycles. The van der Waals surface area contributed by atoms with Gasteiger partial charge in [-0.05, 0) is 37.6 Å². The lowest BCUT2D eigenvalue weighted by Crippen LogP contribution is -2.31. The second-order valence-electron chi connectivity index (χ2n) is 4.41. The standard InChI is InChI=1S/C15H19NO4/c1-4-10(2)16-15(19)12-5-7-13(20-3)11(9-12)6-8-14(17)18/h5-10H,4H2,1-3H3,(H,16,19)(H,17,18). The molecule has 0 bridgehead atoms. The number of ether oxygens (including phenoxy) is 1. The number of carbonyl (C=O) groups is 2. The summed E-state index contributed by atoms with van der Waals surface area (Å²) >= 11 is 0. The van der Waals surface area contributed by atoms with E-state index in [-0.39, 0.29) is 11.9 Å². The Morgan fingerprint density at radius 2 is 2.15 bits per heavy atom. The van der Waals surface area contributed by atoms with Gasteiger partial charge in [-0.2, -0.15) is 0 Å². The van der Waals surface area contributed by atoms with Crippen LogP contribution in [0.15, 0.2) is 24.3 Å². The lowest BCUT2D eigenvalue weighted by Gasteiger charge is -2.12. The van der Waals surface area contributed by atoms with Gasteiger partial charge in [-0.1, -0.05) is 6.92 Å². The number of carboxylic acid groups (broad SMARTS) is 1. The topological polar surface area (TPSA) is 75.6 Å². The van der Waals surface area contributed by atoms with E-state index in [9.17, 15) is 9.59 Å². The van der Waals surface area contributed by atoms with Crippen molar-refractivity contribution in [1.29, 1.82) is 0 Å². The molecule has 1 atom stereocenters. The lowest BCUT2D eigenvalue weighted by molar-refractivity contribution is -0.131. The number of aliphatic carboxylic acids is 1. The van der Waals surface area contributed by atoms with Crippen molar-refractivity contribution >= 4 is 18.0 Å². The molecule has 0 spiro atoms. The zero-order valence-electron chi connectivity index (χ0n) is 11.8. The molecule has 1 aromatic rings. The van der Waals surface area contributed by atoms with E-state index in [1.165, 1.54) is 13.2 Å². The predicted octanol–water partition coefficient (Wildman–Crippen LogP) is 2.32. The minimum atomic E-state index is -1.05. The minimum Gasteiger partial charge on any atom is -0.496 e. The quantitative estimate of drug-likeness (QED) is 0.782. The summed E-state index contributed by atoms with van der Waals surface area (Å²) in [6, 6.07) is 4.99. The average molecular weight is 277 g/mol. The SMILES string of the molecule is CCC(C)NC(=O)c1ccc(OC)c(C=CC(=O)O)c1. The Labute approximate surface area is 118 Å². The highest BCUT2D eigenvalue weighted by atomic mass is 16.5. The van der Waals surface area contributed by atoms with E-state index < -0.39 is 5.97 Å². The van der Waals surface area contributed by atoms with Crippen LogP contribution in [-0.2, 0) is 4.79 Å². The van der Waals surface area contributed by atoms with Crippen molar-refractivity contribution in [3.63, 3.8) is 0 Å². The predicted molar refractivity (Wildman–Crippen MR) is 76.9 cm³/mol. The molecule has 0 saturated carbocycles. The molecule has 20 heavy (non-hydrogen) atoms. The van der Waals surface area contributed by atoms with Gasteiger partial charge in [0.25, 0.3) is 5.91 Å². The number of nitrogens with one attached hydrogen (secondary N) is 1. The molecule has 1 rings (SSSR count). The number of carboxylic acids is 1. The van der Waals surface area contributed by atoms with E-state index in [1.54, 1.807) is 18.2 Å². The molecule has 0 aromatic heterocycles. The largest absolute Gasteiger partial charge is 0.496 e. The maximum Gasteiger partial charge on any atom is 0.328 e. The smallest absolute Gasteiger partial charge is 0.328 e. The van der Waals surface area contributed by atoms with E-state index >= 15 is 0 Å². The first-order valence-corrected chi connectivity index (χ1v) is 6.37. The molecular formula is C15H19NO4. The van der Waals surface area contributed by atoms with E-state index in [0.717, 1.165) is 12.5 Å². The zero-order chi connectivity index (χ0) is 15.1. The van der Waals surface area contributed by atoms with E-state index in [4.69, 9.17) is 9.84 Å². The Balaban J connectivity index is 3.02. The maximum atomic E-state index is 12.0. The Kier molecular flexibility index (Phi) is 5.77. The number of benzene rings is 1. The average Bonchev–Trinajstić information content (AvgIpc) is 2.44. The molecule has 0 heterocycles. The second kappa shape index (κ2) is 7.33. The Morgan fingerprint density at radius 3 is 2.70 bits per heavy atom. The van der Waals surface area contributed by atoms with E-state index in [0.29, 0.717) is 16.9 Å². The Hall–Kier alpha value is -2.30. The molecule has 0 radical (unpaired) electrons. The summed E-state index contributed by atoms with van der Waals surface area (Å²) in [5, 5.41) is 11.5. The van der Waals surface area contributed by atoms with Gasteiger partial charge in [0.2, 0.25) is 0 Å². The van der Waals surface area contributed by atoms with Crippen LogP contribution in [-0.4, -0.2) is 30.1 Å². The van der Waals surface area contributed by atoms with E-state index in [2.05, 4.69) is 5.32 Å². The molecule has 0 saturated heterocycles. The molecular weight excluding hydrogens is 258 g/mol. The monoisotopic (exact) mass is 277 g/mol. The fraction of sp³-hybridized carbons (Fsp3) is 0.333. The van der Waals surface area contributed by atoms with Crippen LogP contribution in [0.4, 0.5) is 0 Å². The van der Waals surface area contributed by atoms with Gasteiger partial charge < -0.3 is 15.2 Å². The molecule has 0 aliphatic carbocycles. The highest BCUT2D eigenvalue weighted by Gasteiger charge is 2.11. The second-order valence-corrected chi connectivity index (χ2v) is 4.41. The van der Waals surface area contributed by atoms with Crippen molar-refractivity contribution in [2.24, 2.45) is 0 Å².